The first-order valence-electron chi connectivity index (χ1n) is 7.00. The molecule has 8 heteroatoms. The molecule has 0 saturated heterocycles. The SMILES string of the molecule is Cc1ccc([N+](=O)[O-])c(C(C(=O)O)C(=O)OC(C)C(C)(C)C)n1. The molecule has 1 rings (SSSR count). The molecule has 126 valence electrons. The third kappa shape index (κ3) is 4.48. The van der Waals surface area contributed by atoms with Crippen LogP contribution in [0.25, 0.3) is 0 Å². The molecule has 0 saturated carbocycles. The Hall–Kier alpha value is -2.51. The highest BCUT2D eigenvalue weighted by atomic mass is 16.6. The van der Waals surface area contributed by atoms with Crippen molar-refractivity contribution < 1.29 is 24.4 Å². The van der Waals surface area contributed by atoms with Gasteiger partial charge in [-0.3, -0.25) is 19.7 Å². The zero-order chi connectivity index (χ0) is 17.9. The maximum absolute atomic E-state index is 12.3. The van der Waals surface area contributed by atoms with Gasteiger partial charge in [-0.25, -0.2) is 4.98 Å². The second kappa shape index (κ2) is 6.72. The van der Waals surface area contributed by atoms with Crippen molar-refractivity contribution in [2.45, 2.75) is 46.6 Å². The Bertz CT molecular complexity index is 635. The van der Waals surface area contributed by atoms with Crippen molar-refractivity contribution in [2.75, 3.05) is 0 Å². The van der Waals surface area contributed by atoms with Gasteiger partial charge in [0.25, 0.3) is 5.69 Å². The Morgan fingerprint density at radius 1 is 1.35 bits per heavy atom. The quantitative estimate of drug-likeness (QED) is 0.382. The Balaban J connectivity index is 3.28. The van der Waals surface area contributed by atoms with Crippen molar-refractivity contribution in [3.05, 3.63) is 33.6 Å². The molecule has 2 atom stereocenters. The van der Waals surface area contributed by atoms with Gasteiger partial charge in [-0.2, -0.15) is 0 Å². The molecular formula is C15H20N2O6. The lowest BCUT2D eigenvalue weighted by Gasteiger charge is -2.27. The second-order valence-electron chi connectivity index (χ2n) is 6.33. The summed E-state index contributed by atoms with van der Waals surface area (Å²) >= 11 is 0. The molecule has 0 aromatic carbocycles. The van der Waals surface area contributed by atoms with Crippen LogP contribution in [0, 0.1) is 22.5 Å². The average molecular weight is 324 g/mol. The molecule has 23 heavy (non-hydrogen) atoms. The number of ether oxygens (including phenoxy) is 1. The van der Waals surface area contributed by atoms with E-state index in [4.69, 9.17) is 4.74 Å². The number of hydrogen-bond acceptors (Lipinski definition) is 6. The van der Waals surface area contributed by atoms with Crippen LogP contribution in [0.2, 0.25) is 0 Å². The fourth-order valence-electron chi connectivity index (χ4n) is 1.68. The normalized spacial score (nSPS) is 14.0. The van der Waals surface area contributed by atoms with Gasteiger partial charge in [-0.05, 0) is 25.3 Å². The van der Waals surface area contributed by atoms with E-state index in [0.29, 0.717) is 5.69 Å². The van der Waals surface area contributed by atoms with E-state index in [-0.39, 0.29) is 0 Å². The molecule has 8 nitrogen and oxygen atoms in total. The smallest absolute Gasteiger partial charge is 0.327 e. The van der Waals surface area contributed by atoms with Gasteiger partial charge in [0.1, 0.15) is 11.8 Å². The number of carboxylic acids is 1. The van der Waals surface area contributed by atoms with Crippen molar-refractivity contribution >= 4 is 17.6 Å². The molecule has 1 heterocycles. The summed E-state index contributed by atoms with van der Waals surface area (Å²) in [6.45, 7) is 8.67. The topological polar surface area (TPSA) is 120 Å². The van der Waals surface area contributed by atoms with Crippen LogP contribution >= 0.6 is 0 Å². The van der Waals surface area contributed by atoms with E-state index in [1.807, 2.05) is 20.8 Å². The van der Waals surface area contributed by atoms with Crippen molar-refractivity contribution in [3.63, 3.8) is 0 Å². The molecule has 0 fully saturated rings. The Labute approximate surface area is 133 Å². The first-order chi connectivity index (χ1) is 10.4. The number of aromatic nitrogens is 1. The van der Waals surface area contributed by atoms with Crippen LogP contribution < -0.4 is 0 Å². The van der Waals surface area contributed by atoms with E-state index in [1.165, 1.54) is 6.07 Å². The number of aryl methyl sites for hydroxylation is 1. The average Bonchev–Trinajstić information content (AvgIpc) is 2.36. The van der Waals surface area contributed by atoms with Gasteiger partial charge < -0.3 is 9.84 Å². The van der Waals surface area contributed by atoms with Crippen LogP contribution in [0.3, 0.4) is 0 Å². The Morgan fingerprint density at radius 2 is 1.91 bits per heavy atom. The molecule has 0 aliphatic rings. The third-order valence-electron chi connectivity index (χ3n) is 3.51. The first kappa shape index (κ1) is 18.5. The largest absolute Gasteiger partial charge is 0.480 e. The van der Waals surface area contributed by atoms with Crippen LogP contribution in [0.4, 0.5) is 5.69 Å². The van der Waals surface area contributed by atoms with Gasteiger partial charge in [0.15, 0.2) is 0 Å². The van der Waals surface area contributed by atoms with Crippen molar-refractivity contribution in [3.8, 4) is 0 Å². The zero-order valence-corrected chi connectivity index (χ0v) is 13.7. The summed E-state index contributed by atoms with van der Waals surface area (Å²) in [6, 6.07) is 2.51. The number of hydrogen-bond donors (Lipinski definition) is 1. The molecule has 1 N–H and O–H groups in total. The lowest BCUT2D eigenvalue weighted by atomic mass is 9.90. The van der Waals surface area contributed by atoms with Crippen LogP contribution in [0.15, 0.2) is 12.1 Å². The zero-order valence-electron chi connectivity index (χ0n) is 13.7. The monoisotopic (exact) mass is 324 g/mol. The number of nitrogens with zero attached hydrogens (tertiary/aromatic N) is 2. The van der Waals surface area contributed by atoms with Crippen molar-refractivity contribution in [1.82, 2.24) is 4.98 Å². The third-order valence-corrected chi connectivity index (χ3v) is 3.51. The number of carboxylic acid groups (broad SMARTS) is 1. The Kier molecular flexibility index (Phi) is 5.42. The van der Waals surface area contributed by atoms with Gasteiger partial charge in [-0.1, -0.05) is 20.8 Å². The maximum Gasteiger partial charge on any atom is 0.327 e. The van der Waals surface area contributed by atoms with E-state index >= 15 is 0 Å². The summed E-state index contributed by atoms with van der Waals surface area (Å²) in [7, 11) is 0. The predicted molar refractivity (Wildman–Crippen MR) is 81.0 cm³/mol. The number of carbonyl (C=O) groups excluding carboxylic acids is 1. The summed E-state index contributed by atoms with van der Waals surface area (Å²) in [5.41, 5.74) is -0.976. The number of esters is 1. The summed E-state index contributed by atoms with van der Waals surface area (Å²) < 4.78 is 5.18. The predicted octanol–water partition coefficient (Wildman–Crippen LogP) is 2.44. The van der Waals surface area contributed by atoms with Crippen LogP contribution in [0.5, 0.6) is 0 Å². The van der Waals surface area contributed by atoms with Gasteiger partial charge in [0.05, 0.1) is 4.92 Å². The molecule has 0 amide bonds. The molecular weight excluding hydrogens is 304 g/mol. The van der Waals surface area contributed by atoms with Crippen LogP contribution in [-0.4, -0.2) is 33.1 Å². The molecule has 0 aliphatic heterocycles. The summed E-state index contributed by atoms with van der Waals surface area (Å²) in [5, 5.41) is 20.4. The standard InChI is InChI=1S/C15H20N2O6/c1-8-6-7-10(17(21)22)12(16-8)11(13(18)19)14(20)23-9(2)15(3,4)5/h6-7,9,11H,1-5H3,(H,18,19). The molecule has 0 aliphatic carbocycles. The highest BCUT2D eigenvalue weighted by Crippen LogP contribution is 2.29. The first-order valence-corrected chi connectivity index (χ1v) is 7.00. The number of carbonyl (C=O) groups is 2. The molecule has 1 aromatic heterocycles. The van der Waals surface area contributed by atoms with Crippen molar-refractivity contribution in [2.24, 2.45) is 5.41 Å². The number of pyridine rings is 1. The lowest BCUT2D eigenvalue weighted by molar-refractivity contribution is -0.386. The fourth-order valence-corrected chi connectivity index (χ4v) is 1.68. The van der Waals surface area contributed by atoms with Crippen molar-refractivity contribution in [1.29, 1.82) is 0 Å². The van der Waals surface area contributed by atoms with Crippen LogP contribution in [0.1, 0.15) is 45.0 Å². The van der Waals surface area contributed by atoms with Gasteiger partial charge >= 0.3 is 11.9 Å². The molecule has 0 spiro atoms. The van der Waals surface area contributed by atoms with E-state index in [0.717, 1.165) is 6.07 Å². The van der Waals surface area contributed by atoms with E-state index in [9.17, 15) is 24.8 Å². The highest BCUT2D eigenvalue weighted by molar-refractivity contribution is 6.00. The van der Waals surface area contributed by atoms with Gasteiger partial charge in [0, 0.05) is 11.8 Å². The minimum atomic E-state index is -1.85. The molecule has 0 bridgehead atoms. The molecule has 2 unspecified atom stereocenters. The van der Waals surface area contributed by atoms with Gasteiger partial charge in [0.2, 0.25) is 5.92 Å². The second-order valence-corrected chi connectivity index (χ2v) is 6.33. The lowest BCUT2D eigenvalue weighted by Crippen LogP contribution is -2.34. The van der Waals surface area contributed by atoms with E-state index < -0.39 is 45.7 Å². The maximum atomic E-state index is 12.3. The summed E-state index contributed by atoms with van der Waals surface area (Å²) in [4.78, 5) is 38.0. The minimum Gasteiger partial charge on any atom is -0.480 e. The summed E-state index contributed by atoms with van der Waals surface area (Å²) in [5.74, 6) is -4.46. The number of nitro groups is 1. The number of rotatable bonds is 5. The number of aliphatic carboxylic acids is 1. The summed E-state index contributed by atoms with van der Waals surface area (Å²) in [6.07, 6.45) is -0.569. The Morgan fingerprint density at radius 3 is 2.35 bits per heavy atom. The fraction of sp³-hybridized carbons (Fsp3) is 0.533. The van der Waals surface area contributed by atoms with E-state index in [1.54, 1.807) is 13.8 Å². The highest BCUT2D eigenvalue weighted by Gasteiger charge is 2.39. The van der Waals surface area contributed by atoms with E-state index in [2.05, 4.69) is 4.98 Å². The molecule has 1 aromatic rings. The van der Waals surface area contributed by atoms with Gasteiger partial charge in [-0.15, -0.1) is 0 Å². The molecule has 0 radical (unpaired) electrons. The van der Waals surface area contributed by atoms with Crippen LogP contribution in [-0.2, 0) is 14.3 Å². The minimum absolute atomic E-state index is 0.369.